The maximum Gasteiger partial charge on any atom is 0.314 e. The second-order valence-electron chi connectivity index (χ2n) is 12.0. The molecule has 0 spiro atoms. The highest BCUT2D eigenvalue weighted by Crippen LogP contribution is 2.45. The topological polar surface area (TPSA) is 99.6 Å². The highest BCUT2D eigenvalue weighted by Gasteiger charge is 2.32. The second kappa shape index (κ2) is 13.0. The minimum atomic E-state index is -0.318. The van der Waals surface area contributed by atoms with Crippen molar-refractivity contribution in [2.45, 2.75) is 72.1 Å². The Bertz CT molecular complexity index is 1630. The van der Waals surface area contributed by atoms with E-state index >= 15 is 0 Å². The summed E-state index contributed by atoms with van der Waals surface area (Å²) in [5, 5.41) is 0.759. The Morgan fingerprint density at radius 1 is 0.614 bits per heavy atom. The first-order valence-corrected chi connectivity index (χ1v) is 17.7. The molecule has 230 valence electrons. The third kappa shape index (κ3) is 6.57. The van der Waals surface area contributed by atoms with Gasteiger partial charge in [-0.15, -0.1) is 34.0 Å². The van der Waals surface area contributed by atoms with Gasteiger partial charge in [0, 0.05) is 26.5 Å². The van der Waals surface area contributed by atoms with E-state index in [1.807, 2.05) is 6.07 Å². The lowest BCUT2D eigenvalue weighted by molar-refractivity contribution is -0.141. The maximum absolute atomic E-state index is 13.2. The number of hydrogen-bond acceptors (Lipinski definition) is 10. The average Bonchev–Trinajstić information content (AvgIpc) is 3.78. The van der Waals surface area contributed by atoms with Crippen LogP contribution in [0.3, 0.4) is 0 Å². The predicted molar refractivity (Wildman–Crippen MR) is 175 cm³/mol. The van der Waals surface area contributed by atoms with Gasteiger partial charge in [0.15, 0.2) is 11.5 Å². The van der Waals surface area contributed by atoms with Gasteiger partial charge in [-0.2, -0.15) is 0 Å². The lowest BCUT2D eigenvalue weighted by Crippen LogP contribution is -2.28. The summed E-state index contributed by atoms with van der Waals surface area (Å²) >= 11 is 4.81. The summed E-state index contributed by atoms with van der Waals surface area (Å²) in [6.45, 7) is 5.32. The monoisotopic (exact) mass is 649 g/mol. The van der Waals surface area contributed by atoms with Crippen molar-refractivity contribution in [3.05, 3.63) is 41.3 Å². The molecule has 44 heavy (non-hydrogen) atoms. The minimum absolute atomic E-state index is 0.0205. The molecule has 7 nitrogen and oxygen atoms in total. The number of rotatable bonds is 8. The lowest BCUT2D eigenvalue weighted by atomic mass is 9.80. The SMILES string of the molecule is CC(=O)C1CCC(C(=O)Oc2ccc(OC(=O)C3CCC(C(C)=O)CC3)c3sc(-c4ccc(-c5ccc(C)s5)s4)nc23)CC1. The third-order valence-electron chi connectivity index (χ3n) is 8.96. The number of carbonyl (C=O) groups excluding carboxylic acids is 4. The minimum Gasteiger partial charge on any atom is -0.425 e. The average molecular weight is 650 g/mol. The van der Waals surface area contributed by atoms with Gasteiger partial charge in [0.05, 0.1) is 16.7 Å². The van der Waals surface area contributed by atoms with Crippen LogP contribution < -0.4 is 9.47 Å². The van der Waals surface area contributed by atoms with E-state index in [1.54, 1.807) is 48.7 Å². The van der Waals surface area contributed by atoms with E-state index in [9.17, 15) is 19.2 Å². The molecule has 0 radical (unpaired) electrons. The molecule has 0 unspecified atom stereocenters. The summed E-state index contributed by atoms with van der Waals surface area (Å²) < 4.78 is 12.6. The Hall–Kier alpha value is -3.21. The number of esters is 2. The molecule has 0 atom stereocenters. The number of thiazole rings is 1. The zero-order valence-corrected chi connectivity index (χ0v) is 27.5. The van der Waals surface area contributed by atoms with Gasteiger partial charge in [0.2, 0.25) is 0 Å². The van der Waals surface area contributed by atoms with Gasteiger partial charge in [-0.3, -0.25) is 19.2 Å². The number of Topliss-reactive ketones (excluding diaryl/α,β-unsaturated/α-hetero) is 2. The summed E-state index contributed by atoms with van der Waals surface area (Å²) in [6.07, 6.45) is 5.28. The zero-order valence-electron chi connectivity index (χ0n) is 25.1. The Morgan fingerprint density at radius 3 is 1.64 bits per heavy atom. The zero-order chi connectivity index (χ0) is 31.0. The molecule has 1 aromatic carbocycles. The van der Waals surface area contributed by atoms with Crippen molar-refractivity contribution in [1.82, 2.24) is 4.98 Å². The fraction of sp³-hybridized carbons (Fsp3) is 0.441. The smallest absolute Gasteiger partial charge is 0.314 e. The van der Waals surface area contributed by atoms with Crippen molar-refractivity contribution >= 4 is 67.7 Å². The molecular weight excluding hydrogens is 615 g/mol. The normalized spacial score (nSPS) is 22.1. The van der Waals surface area contributed by atoms with E-state index in [1.165, 1.54) is 21.1 Å². The summed E-state index contributed by atoms with van der Waals surface area (Å²) in [5.74, 6) is -0.0100. The van der Waals surface area contributed by atoms with Gasteiger partial charge in [0.1, 0.15) is 26.8 Å². The van der Waals surface area contributed by atoms with E-state index in [4.69, 9.17) is 14.5 Å². The molecule has 0 amide bonds. The molecule has 2 aliphatic carbocycles. The Kier molecular flexibility index (Phi) is 9.12. The lowest BCUT2D eigenvalue weighted by Gasteiger charge is -2.25. The molecule has 2 aliphatic rings. The van der Waals surface area contributed by atoms with Crippen molar-refractivity contribution in [3.8, 4) is 31.1 Å². The molecule has 3 heterocycles. The molecule has 10 heteroatoms. The van der Waals surface area contributed by atoms with Crippen LogP contribution in [0.5, 0.6) is 11.5 Å². The van der Waals surface area contributed by atoms with Crippen molar-refractivity contribution in [3.63, 3.8) is 0 Å². The maximum atomic E-state index is 13.2. The molecule has 2 saturated carbocycles. The van der Waals surface area contributed by atoms with Crippen molar-refractivity contribution in [2.75, 3.05) is 0 Å². The quantitative estimate of drug-likeness (QED) is 0.139. The van der Waals surface area contributed by atoms with Crippen LogP contribution in [0.15, 0.2) is 36.4 Å². The number of hydrogen-bond donors (Lipinski definition) is 0. The van der Waals surface area contributed by atoms with Crippen molar-refractivity contribution < 1.29 is 28.7 Å². The van der Waals surface area contributed by atoms with Gasteiger partial charge in [-0.05, 0) is 109 Å². The standard InChI is InChI=1S/C34H35NO6S3/c1-18-4-15-27(42-18)28-16-17-29(43-28)32-35-30-25(40-33(38)23-9-5-21(6-10-23)19(2)36)13-14-26(31(30)44-32)41-34(39)24-11-7-22(8-12-24)20(3)37/h4,13-17,21-24H,5-12H2,1-3H3. The number of carbonyl (C=O) groups is 4. The second-order valence-corrected chi connectivity index (χ2v) is 15.4. The summed E-state index contributed by atoms with van der Waals surface area (Å²) in [4.78, 5) is 59.6. The molecule has 0 bridgehead atoms. The van der Waals surface area contributed by atoms with E-state index in [0.29, 0.717) is 73.1 Å². The van der Waals surface area contributed by atoms with Crippen LogP contribution in [-0.2, 0) is 19.2 Å². The molecule has 6 rings (SSSR count). The van der Waals surface area contributed by atoms with E-state index in [0.717, 1.165) is 14.8 Å². The molecule has 0 N–H and O–H groups in total. The molecular formula is C34H35NO6S3. The number of ketones is 2. The number of fused-ring (bicyclic) bond motifs is 1. The number of aromatic nitrogens is 1. The number of benzene rings is 1. The van der Waals surface area contributed by atoms with Crippen molar-refractivity contribution in [2.24, 2.45) is 23.7 Å². The van der Waals surface area contributed by atoms with Gasteiger partial charge >= 0.3 is 11.9 Å². The van der Waals surface area contributed by atoms with E-state index < -0.39 is 0 Å². The van der Waals surface area contributed by atoms with Crippen molar-refractivity contribution in [1.29, 1.82) is 0 Å². The number of ether oxygens (including phenoxy) is 2. The van der Waals surface area contributed by atoms with Crippen LogP contribution in [0.2, 0.25) is 0 Å². The van der Waals surface area contributed by atoms with Gasteiger partial charge in [0.25, 0.3) is 0 Å². The molecule has 4 aromatic rings. The van der Waals surface area contributed by atoms with Gasteiger partial charge in [-0.25, -0.2) is 4.98 Å². The van der Waals surface area contributed by atoms with Gasteiger partial charge in [-0.1, -0.05) is 0 Å². The number of thiophene rings is 2. The van der Waals surface area contributed by atoms with Crippen LogP contribution in [0, 0.1) is 30.6 Å². The number of nitrogens with zero attached hydrogens (tertiary/aromatic N) is 1. The van der Waals surface area contributed by atoms with Gasteiger partial charge < -0.3 is 9.47 Å². The fourth-order valence-corrected chi connectivity index (χ4v) is 9.29. The first-order valence-electron chi connectivity index (χ1n) is 15.2. The van der Waals surface area contributed by atoms with Crippen LogP contribution in [-0.4, -0.2) is 28.5 Å². The Morgan fingerprint density at radius 2 is 1.09 bits per heavy atom. The Balaban J connectivity index is 1.27. The number of aryl methyl sites for hydroxylation is 1. The largest absolute Gasteiger partial charge is 0.425 e. The van der Waals surface area contributed by atoms with Crippen LogP contribution in [0.25, 0.3) is 29.9 Å². The first-order chi connectivity index (χ1) is 21.2. The summed E-state index contributed by atoms with van der Waals surface area (Å²) in [5.41, 5.74) is 0.489. The highest BCUT2D eigenvalue weighted by molar-refractivity contribution is 7.28. The Labute approximate surface area is 268 Å². The van der Waals surface area contributed by atoms with Crippen LogP contribution >= 0.6 is 34.0 Å². The third-order valence-corrected chi connectivity index (χ3v) is 12.5. The molecule has 3 aromatic heterocycles. The summed E-state index contributed by atoms with van der Waals surface area (Å²) in [6, 6.07) is 11.7. The summed E-state index contributed by atoms with van der Waals surface area (Å²) in [7, 11) is 0. The highest BCUT2D eigenvalue weighted by atomic mass is 32.1. The predicted octanol–water partition coefficient (Wildman–Crippen LogP) is 8.66. The molecule has 0 aliphatic heterocycles. The van der Waals surface area contributed by atoms with Crippen LogP contribution in [0.1, 0.15) is 70.1 Å². The van der Waals surface area contributed by atoms with E-state index in [-0.39, 0.29) is 47.2 Å². The molecule has 2 fully saturated rings. The first kappa shape index (κ1) is 30.8. The fourth-order valence-electron chi connectivity index (χ4n) is 6.24. The molecule has 0 saturated heterocycles. The van der Waals surface area contributed by atoms with Crippen LogP contribution in [0.4, 0.5) is 0 Å². The van der Waals surface area contributed by atoms with E-state index in [2.05, 4.69) is 25.1 Å².